The molecule has 0 aliphatic heterocycles. The van der Waals surface area contributed by atoms with Crippen molar-refractivity contribution in [1.82, 2.24) is 0 Å². The van der Waals surface area contributed by atoms with Crippen LogP contribution in [-0.2, 0) is 14.3 Å². The van der Waals surface area contributed by atoms with Crippen LogP contribution in [0.15, 0.2) is 0 Å². The minimum absolute atomic E-state index is 0.0374. The van der Waals surface area contributed by atoms with Gasteiger partial charge >= 0.3 is 5.97 Å². The van der Waals surface area contributed by atoms with Gasteiger partial charge in [0.25, 0.3) is 0 Å². The quantitative estimate of drug-likeness (QED) is 0.442. The Labute approximate surface area is 124 Å². The Morgan fingerprint density at radius 1 is 1.00 bits per heavy atom. The Morgan fingerprint density at radius 3 is 2.35 bits per heavy atom. The zero-order valence-electron chi connectivity index (χ0n) is 13.4. The topological polar surface area (TPSA) is 35.5 Å². The van der Waals surface area contributed by atoms with Crippen molar-refractivity contribution in [2.75, 3.05) is 19.8 Å². The van der Waals surface area contributed by atoms with Crippen LogP contribution in [0.2, 0.25) is 0 Å². The number of esters is 1. The minimum Gasteiger partial charge on any atom is -0.465 e. The van der Waals surface area contributed by atoms with E-state index in [4.69, 9.17) is 9.47 Å². The van der Waals surface area contributed by atoms with E-state index in [9.17, 15) is 4.79 Å². The molecule has 0 atom stereocenters. The first-order valence-electron chi connectivity index (χ1n) is 8.52. The van der Waals surface area contributed by atoms with Crippen LogP contribution in [0.25, 0.3) is 0 Å². The number of ether oxygens (including phenoxy) is 2. The van der Waals surface area contributed by atoms with Gasteiger partial charge in [0.1, 0.15) is 0 Å². The zero-order chi connectivity index (χ0) is 14.6. The molecule has 1 aliphatic rings. The standard InChI is InChI=1S/C17H32O3/c1-3-5-6-7-8-13-20-17(18)16-11-9-15(10-12-16)14-19-4-2/h15-16H,3-14H2,1-2H3. The Hall–Kier alpha value is -0.570. The highest BCUT2D eigenvalue weighted by Gasteiger charge is 2.27. The molecule has 0 unspecified atom stereocenters. The van der Waals surface area contributed by atoms with E-state index in [-0.39, 0.29) is 11.9 Å². The van der Waals surface area contributed by atoms with Crippen LogP contribution in [0.3, 0.4) is 0 Å². The SMILES string of the molecule is CCCCCCCOC(=O)C1CCC(COCC)CC1. The van der Waals surface area contributed by atoms with Gasteiger partial charge in [0, 0.05) is 13.2 Å². The first-order chi connectivity index (χ1) is 9.77. The lowest BCUT2D eigenvalue weighted by molar-refractivity contribution is -0.150. The van der Waals surface area contributed by atoms with Gasteiger partial charge in [-0.15, -0.1) is 0 Å². The summed E-state index contributed by atoms with van der Waals surface area (Å²) in [5.74, 6) is 0.826. The van der Waals surface area contributed by atoms with Crippen molar-refractivity contribution in [2.24, 2.45) is 11.8 Å². The molecule has 0 heterocycles. The molecule has 1 aliphatic carbocycles. The first kappa shape index (κ1) is 17.5. The first-order valence-corrected chi connectivity index (χ1v) is 8.52. The fraction of sp³-hybridized carbons (Fsp3) is 0.941. The molecular formula is C17H32O3. The van der Waals surface area contributed by atoms with E-state index < -0.39 is 0 Å². The molecular weight excluding hydrogens is 252 g/mol. The summed E-state index contributed by atoms with van der Waals surface area (Å²) in [6.07, 6.45) is 10.2. The second-order valence-corrected chi connectivity index (χ2v) is 5.96. The number of hydrogen-bond donors (Lipinski definition) is 0. The third kappa shape index (κ3) is 7.28. The summed E-state index contributed by atoms with van der Waals surface area (Å²) in [6, 6.07) is 0. The van der Waals surface area contributed by atoms with Gasteiger partial charge in [-0.1, -0.05) is 32.6 Å². The predicted octanol–water partition coefficient (Wildman–Crippen LogP) is 4.34. The largest absolute Gasteiger partial charge is 0.465 e. The summed E-state index contributed by atoms with van der Waals surface area (Å²) in [5, 5.41) is 0. The summed E-state index contributed by atoms with van der Waals surface area (Å²) < 4.78 is 10.9. The van der Waals surface area contributed by atoms with E-state index >= 15 is 0 Å². The lowest BCUT2D eigenvalue weighted by Gasteiger charge is -2.26. The van der Waals surface area contributed by atoms with E-state index in [0.29, 0.717) is 12.5 Å². The highest BCUT2D eigenvalue weighted by Crippen LogP contribution is 2.29. The maximum absolute atomic E-state index is 12.0. The minimum atomic E-state index is 0.0374. The fourth-order valence-electron chi connectivity index (χ4n) is 2.85. The molecule has 3 heteroatoms. The molecule has 1 rings (SSSR count). The van der Waals surface area contributed by atoms with Gasteiger partial charge in [0.15, 0.2) is 0 Å². The average Bonchev–Trinajstić information content (AvgIpc) is 2.49. The number of carbonyl (C=O) groups is 1. The lowest BCUT2D eigenvalue weighted by atomic mass is 9.82. The Bertz CT molecular complexity index is 245. The van der Waals surface area contributed by atoms with Gasteiger partial charge in [0.2, 0.25) is 0 Å². The molecule has 0 aromatic carbocycles. The number of rotatable bonds is 10. The van der Waals surface area contributed by atoms with Crippen molar-refractivity contribution in [3.63, 3.8) is 0 Å². The predicted molar refractivity (Wildman–Crippen MR) is 81.7 cm³/mol. The number of carbonyl (C=O) groups excluding carboxylic acids is 1. The molecule has 0 aromatic rings. The fourth-order valence-corrected chi connectivity index (χ4v) is 2.85. The molecule has 0 radical (unpaired) electrons. The maximum atomic E-state index is 12.0. The molecule has 0 spiro atoms. The van der Waals surface area contributed by atoms with Crippen molar-refractivity contribution in [3.8, 4) is 0 Å². The van der Waals surface area contributed by atoms with Crippen molar-refractivity contribution >= 4 is 5.97 Å². The van der Waals surface area contributed by atoms with E-state index in [0.717, 1.165) is 45.3 Å². The van der Waals surface area contributed by atoms with Crippen LogP contribution in [0.5, 0.6) is 0 Å². The van der Waals surface area contributed by atoms with Crippen molar-refractivity contribution in [3.05, 3.63) is 0 Å². The molecule has 20 heavy (non-hydrogen) atoms. The van der Waals surface area contributed by atoms with Gasteiger partial charge in [-0.2, -0.15) is 0 Å². The smallest absolute Gasteiger partial charge is 0.308 e. The summed E-state index contributed by atoms with van der Waals surface area (Å²) in [4.78, 5) is 12.0. The van der Waals surface area contributed by atoms with Crippen LogP contribution < -0.4 is 0 Å². The molecule has 1 saturated carbocycles. The summed E-state index contributed by atoms with van der Waals surface area (Å²) in [6.45, 7) is 6.50. The zero-order valence-corrected chi connectivity index (χ0v) is 13.4. The Morgan fingerprint density at radius 2 is 1.70 bits per heavy atom. The van der Waals surface area contributed by atoms with Gasteiger partial charge in [-0.25, -0.2) is 0 Å². The Kier molecular flexibility index (Phi) is 9.73. The molecule has 3 nitrogen and oxygen atoms in total. The molecule has 0 bridgehead atoms. The summed E-state index contributed by atoms with van der Waals surface area (Å²) in [5.41, 5.74) is 0. The molecule has 0 aromatic heterocycles. The average molecular weight is 284 g/mol. The van der Waals surface area contributed by atoms with Gasteiger partial charge < -0.3 is 9.47 Å². The van der Waals surface area contributed by atoms with Crippen LogP contribution in [0.1, 0.15) is 71.6 Å². The van der Waals surface area contributed by atoms with Gasteiger partial charge in [-0.3, -0.25) is 4.79 Å². The Balaban J connectivity index is 2.04. The third-order valence-electron chi connectivity index (χ3n) is 4.23. The van der Waals surface area contributed by atoms with Crippen LogP contribution in [0.4, 0.5) is 0 Å². The second kappa shape index (κ2) is 11.1. The van der Waals surface area contributed by atoms with Crippen LogP contribution in [0, 0.1) is 11.8 Å². The summed E-state index contributed by atoms with van der Waals surface area (Å²) >= 11 is 0. The van der Waals surface area contributed by atoms with E-state index in [2.05, 4.69) is 6.92 Å². The van der Waals surface area contributed by atoms with Gasteiger partial charge in [0.05, 0.1) is 12.5 Å². The molecule has 118 valence electrons. The van der Waals surface area contributed by atoms with Crippen molar-refractivity contribution in [2.45, 2.75) is 71.6 Å². The molecule has 1 fully saturated rings. The van der Waals surface area contributed by atoms with Gasteiger partial charge in [-0.05, 0) is 44.9 Å². The summed E-state index contributed by atoms with van der Waals surface area (Å²) in [7, 11) is 0. The van der Waals surface area contributed by atoms with E-state index in [1.54, 1.807) is 0 Å². The van der Waals surface area contributed by atoms with E-state index in [1.807, 2.05) is 6.92 Å². The van der Waals surface area contributed by atoms with Crippen LogP contribution >= 0.6 is 0 Å². The monoisotopic (exact) mass is 284 g/mol. The van der Waals surface area contributed by atoms with E-state index in [1.165, 1.54) is 25.7 Å². The number of hydrogen-bond acceptors (Lipinski definition) is 3. The van der Waals surface area contributed by atoms with Crippen LogP contribution in [-0.4, -0.2) is 25.8 Å². The third-order valence-corrected chi connectivity index (χ3v) is 4.23. The van der Waals surface area contributed by atoms with Crippen molar-refractivity contribution < 1.29 is 14.3 Å². The molecule has 0 saturated heterocycles. The lowest BCUT2D eigenvalue weighted by Crippen LogP contribution is -2.25. The molecule has 0 amide bonds. The highest BCUT2D eigenvalue weighted by molar-refractivity contribution is 5.72. The normalized spacial score (nSPS) is 22.7. The highest BCUT2D eigenvalue weighted by atomic mass is 16.5. The second-order valence-electron chi connectivity index (χ2n) is 5.96. The number of unbranched alkanes of at least 4 members (excludes halogenated alkanes) is 4. The van der Waals surface area contributed by atoms with Crippen molar-refractivity contribution in [1.29, 1.82) is 0 Å². The molecule has 0 N–H and O–H groups in total. The maximum Gasteiger partial charge on any atom is 0.308 e.